The molecule has 0 radical (unpaired) electrons. The van der Waals surface area contributed by atoms with Crippen LogP contribution in [0.1, 0.15) is 214 Å². The van der Waals surface area contributed by atoms with E-state index in [4.69, 9.17) is 28.4 Å². The first-order valence-corrected chi connectivity index (χ1v) is 26.7. The van der Waals surface area contributed by atoms with Crippen LogP contribution in [0.25, 0.3) is 0 Å². The molecule has 13 heteroatoms. The van der Waals surface area contributed by atoms with E-state index < -0.39 is 12.2 Å². The van der Waals surface area contributed by atoms with Crippen molar-refractivity contribution in [3.8, 4) is 0 Å². The number of aliphatic hydroxyl groups excluding tert-OH is 1. The van der Waals surface area contributed by atoms with Crippen molar-refractivity contribution < 1.29 is 52.7 Å². The average Bonchev–Trinajstić information content (AvgIpc) is 3.28. The zero-order valence-electron chi connectivity index (χ0n) is 42.1. The van der Waals surface area contributed by atoms with E-state index in [-0.39, 0.29) is 56.9 Å². The molecule has 0 amide bonds. The molecule has 1 saturated carbocycles. The van der Waals surface area contributed by atoms with Crippen LogP contribution in [0.2, 0.25) is 0 Å². The fourth-order valence-electron chi connectivity index (χ4n) is 7.85. The molecule has 1 fully saturated rings. The largest absolute Gasteiger partial charge is 0.463 e. The lowest BCUT2D eigenvalue weighted by atomic mass is 9.91. The summed E-state index contributed by atoms with van der Waals surface area (Å²) < 4.78 is 34.9. The molecule has 0 atom stereocenters. The van der Waals surface area contributed by atoms with Gasteiger partial charge in [-0.2, -0.15) is 0 Å². The molecular formula is C52H98N2O11. The molecular weight excluding hydrogens is 829 g/mol. The normalized spacial score (nSPS) is 12.9. The quantitative estimate of drug-likeness (QED) is 0.0351. The number of ether oxygens (including phenoxy) is 6. The Morgan fingerprint density at radius 3 is 1.08 bits per heavy atom. The maximum atomic E-state index is 12.6. The van der Waals surface area contributed by atoms with E-state index in [0.717, 1.165) is 167 Å². The zero-order valence-corrected chi connectivity index (χ0v) is 42.1. The van der Waals surface area contributed by atoms with E-state index in [0.29, 0.717) is 64.3 Å². The number of hydrogen-bond acceptors (Lipinski definition) is 13. The van der Waals surface area contributed by atoms with Gasteiger partial charge in [0.15, 0.2) is 0 Å². The van der Waals surface area contributed by atoms with Crippen molar-refractivity contribution in [3.05, 3.63) is 0 Å². The van der Waals surface area contributed by atoms with Gasteiger partial charge in [-0.25, -0.2) is 0 Å². The molecule has 0 spiro atoms. The van der Waals surface area contributed by atoms with Crippen molar-refractivity contribution in [3.63, 3.8) is 0 Å². The number of hydrogen-bond donors (Lipinski definition) is 1. The van der Waals surface area contributed by atoms with Gasteiger partial charge >= 0.3 is 23.9 Å². The Hall–Kier alpha value is -2.32. The van der Waals surface area contributed by atoms with Crippen LogP contribution in [-0.2, 0) is 47.6 Å². The molecule has 1 N–H and O–H groups in total. The van der Waals surface area contributed by atoms with E-state index in [9.17, 15) is 24.3 Å². The van der Waals surface area contributed by atoms with Gasteiger partial charge < -0.3 is 38.4 Å². The third-order valence-corrected chi connectivity index (χ3v) is 12.3. The van der Waals surface area contributed by atoms with Gasteiger partial charge in [-0.1, -0.05) is 137 Å². The molecule has 0 aromatic rings. The number of unbranched alkanes of at least 4 members (excludes halogenated alkanes) is 16. The minimum absolute atomic E-state index is 0.0415. The van der Waals surface area contributed by atoms with Gasteiger partial charge in [0.25, 0.3) is 0 Å². The van der Waals surface area contributed by atoms with Gasteiger partial charge in [0.05, 0.1) is 6.61 Å². The summed E-state index contributed by atoms with van der Waals surface area (Å²) in [7, 11) is 0. The predicted octanol–water partition coefficient (Wildman–Crippen LogP) is 10.3. The van der Waals surface area contributed by atoms with Crippen LogP contribution in [0.15, 0.2) is 0 Å². The van der Waals surface area contributed by atoms with Crippen LogP contribution >= 0.6 is 0 Å². The van der Waals surface area contributed by atoms with Crippen LogP contribution in [0.5, 0.6) is 0 Å². The Morgan fingerprint density at radius 1 is 0.446 bits per heavy atom. The van der Waals surface area contributed by atoms with Crippen molar-refractivity contribution in [1.82, 2.24) is 9.80 Å². The number of rotatable bonds is 48. The standard InChI is InChI=1S/C52H98N2O11/c1-5-9-13-17-21-30-49(56)62-42-47(43-63-50(57)31-22-18-14-10-6-2)60-40-26-34-53(36-37-54(38-39-55)46-28-25-29-46)35-27-41-61-48(44-64-51(58)32-23-19-15-11-7-3)45-65-52(59)33-24-20-16-12-8-4/h46-48,55H,5-45H2,1-4H3. The first-order chi connectivity index (χ1) is 31.8. The lowest BCUT2D eigenvalue weighted by Crippen LogP contribution is -2.46. The highest BCUT2D eigenvalue weighted by molar-refractivity contribution is 5.70. The number of esters is 4. The summed E-state index contributed by atoms with van der Waals surface area (Å²) in [4.78, 5) is 55.1. The summed E-state index contributed by atoms with van der Waals surface area (Å²) in [6, 6.07) is 0.508. The summed E-state index contributed by atoms with van der Waals surface area (Å²) in [5, 5.41) is 9.81. The molecule has 0 aromatic heterocycles. The number of carbonyl (C=O) groups is 4. The molecule has 0 saturated heterocycles. The second-order valence-corrected chi connectivity index (χ2v) is 18.3. The van der Waals surface area contributed by atoms with Crippen molar-refractivity contribution in [2.75, 3.05) is 79.0 Å². The molecule has 0 bridgehead atoms. The second kappa shape index (κ2) is 44.2. The van der Waals surface area contributed by atoms with Gasteiger partial charge in [-0.3, -0.25) is 24.1 Å². The minimum atomic E-state index is -0.550. The van der Waals surface area contributed by atoms with E-state index in [2.05, 4.69) is 37.5 Å². The van der Waals surface area contributed by atoms with Gasteiger partial charge in [0.2, 0.25) is 0 Å². The maximum Gasteiger partial charge on any atom is 0.305 e. The highest BCUT2D eigenvalue weighted by atomic mass is 16.6. The molecule has 0 unspecified atom stereocenters. The monoisotopic (exact) mass is 927 g/mol. The third-order valence-electron chi connectivity index (χ3n) is 12.3. The van der Waals surface area contributed by atoms with Crippen LogP contribution in [0, 0.1) is 0 Å². The molecule has 65 heavy (non-hydrogen) atoms. The van der Waals surface area contributed by atoms with Crippen LogP contribution in [-0.4, -0.2) is 136 Å². The number of carbonyl (C=O) groups excluding carboxylic acids is 4. The lowest BCUT2D eigenvalue weighted by molar-refractivity contribution is -0.156. The van der Waals surface area contributed by atoms with E-state index >= 15 is 0 Å². The van der Waals surface area contributed by atoms with E-state index in [1.807, 2.05) is 0 Å². The molecule has 382 valence electrons. The Morgan fingerprint density at radius 2 is 0.785 bits per heavy atom. The molecule has 0 heterocycles. The smallest absolute Gasteiger partial charge is 0.305 e. The minimum Gasteiger partial charge on any atom is -0.463 e. The van der Waals surface area contributed by atoms with Crippen LogP contribution in [0.3, 0.4) is 0 Å². The lowest BCUT2D eigenvalue weighted by Gasteiger charge is -2.38. The van der Waals surface area contributed by atoms with Gasteiger partial charge in [-0.05, 0) is 51.4 Å². The number of nitrogens with zero attached hydrogens (tertiary/aromatic N) is 2. The summed E-state index contributed by atoms with van der Waals surface area (Å²) in [6.45, 7) is 13.5. The fourth-order valence-corrected chi connectivity index (χ4v) is 7.85. The summed E-state index contributed by atoms with van der Waals surface area (Å²) in [6.07, 6.45) is 26.3. The summed E-state index contributed by atoms with van der Waals surface area (Å²) in [5.41, 5.74) is 0. The molecule has 1 aliphatic carbocycles. The van der Waals surface area contributed by atoms with Crippen molar-refractivity contribution in [1.29, 1.82) is 0 Å². The summed E-state index contributed by atoms with van der Waals surface area (Å²) >= 11 is 0. The zero-order chi connectivity index (χ0) is 47.4. The van der Waals surface area contributed by atoms with E-state index in [1.54, 1.807) is 0 Å². The molecule has 1 aliphatic rings. The highest BCUT2D eigenvalue weighted by Crippen LogP contribution is 2.24. The molecule has 0 aliphatic heterocycles. The maximum absolute atomic E-state index is 12.6. The molecule has 13 nitrogen and oxygen atoms in total. The predicted molar refractivity (Wildman–Crippen MR) is 259 cm³/mol. The second-order valence-electron chi connectivity index (χ2n) is 18.3. The van der Waals surface area contributed by atoms with Crippen molar-refractivity contribution in [2.24, 2.45) is 0 Å². The Bertz CT molecular complexity index is 1010. The van der Waals surface area contributed by atoms with Gasteiger partial charge in [0.1, 0.15) is 38.6 Å². The van der Waals surface area contributed by atoms with Gasteiger partial charge in [-0.15, -0.1) is 0 Å². The topological polar surface area (TPSA) is 150 Å². The Labute approximate surface area is 396 Å². The van der Waals surface area contributed by atoms with Crippen molar-refractivity contribution in [2.45, 2.75) is 232 Å². The fraction of sp³-hybridized carbons (Fsp3) is 0.923. The van der Waals surface area contributed by atoms with Crippen molar-refractivity contribution >= 4 is 23.9 Å². The Kier molecular flexibility index (Phi) is 41.3. The van der Waals surface area contributed by atoms with Crippen LogP contribution in [0.4, 0.5) is 0 Å². The summed E-state index contributed by atoms with van der Waals surface area (Å²) in [5.74, 6) is -1.00. The molecule has 1 rings (SSSR count). The average molecular weight is 927 g/mol. The van der Waals surface area contributed by atoms with Gasteiger partial charge in [0, 0.05) is 77.7 Å². The Balaban J connectivity index is 2.85. The highest BCUT2D eigenvalue weighted by Gasteiger charge is 2.25. The molecule has 0 aromatic carbocycles. The van der Waals surface area contributed by atoms with Crippen LogP contribution < -0.4 is 0 Å². The third kappa shape index (κ3) is 36.4. The first kappa shape index (κ1) is 60.7. The number of aliphatic hydroxyl groups is 1. The first-order valence-electron chi connectivity index (χ1n) is 26.7. The van der Waals surface area contributed by atoms with E-state index in [1.165, 1.54) is 6.42 Å². The SMILES string of the molecule is CCCCCCCC(=O)OCC(COC(=O)CCCCCCC)OCCCN(CCCOC(COC(=O)CCCCCCC)COC(=O)CCCCCCC)CCN(CCO)C1CCC1.